The number of hydrogen-bond acceptors (Lipinski definition) is 6. The summed E-state index contributed by atoms with van der Waals surface area (Å²) in [4.78, 5) is 15.7. The Hall–Kier alpha value is -1.99. The van der Waals surface area contributed by atoms with Gasteiger partial charge in [0.05, 0.1) is 0 Å². The van der Waals surface area contributed by atoms with Crippen molar-refractivity contribution in [1.29, 1.82) is 0 Å². The van der Waals surface area contributed by atoms with Crippen LogP contribution < -0.4 is 14.9 Å². The largest absolute Gasteiger partial charge is 0.454 e. The number of carbonyl (C=O) groups excluding carboxylic acids is 1. The van der Waals surface area contributed by atoms with Gasteiger partial charge in [0, 0.05) is 0 Å². The number of aliphatic imine (C=N–C) groups is 1. The normalized spacial score (nSPS) is 18.6. The van der Waals surface area contributed by atoms with E-state index in [1.54, 1.807) is 12.2 Å². The molecular weight excluding hydrogens is 266 g/mol. The van der Waals surface area contributed by atoms with Gasteiger partial charge < -0.3 is 9.47 Å². The van der Waals surface area contributed by atoms with Gasteiger partial charge in [0.2, 0.25) is 6.79 Å². The Kier molecular flexibility index (Phi) is 3.14. The zero-order chi connectivity index (χ0) is 13.2. The van der Waals surface area contributed by atoms with Gasteiger partial charge in [-0.15, -0.1) is 4.41 Å². The van der Waals surface area contributed by atoms with Crippen LogP contribution in [0.2, 0.25) is 0 Å². The molecule has 98 valence electrons. The van der Waals surface area contributed by atoms with Gasteiger partial charge in [-0.3, -0.25) is 15.2 Å². The first-order valence-corrected chi connectivity index (χ1v) is 6.02. The summed E-state index contributed by atoms with van der Waals surface area (Å²) in [6.07, 6.45) is 3.46. The highest BCUT2D eigenvalue weighted by atomic mass is 32.1. The van der Waals surface area contributed by atoms with Crippen LogP contribution in [0.3, 0.4) is 0 Å². The molecule has 0 aromatic heterocycles. The van der Waals surface area contributed by atoms with Crippen molar-refractivity contribution < 1.29 is 14.3 Å². The number of amides is 1. The first-order chi connectivity index (χ1) is 9.22. The lowest BCUT2D eigenvalue weighted by atomic mass is 10.1. The van der Waals surface area contributed by atoms with E-state index in [2.05, 4.69) is 23.2 Å². The number of fused-ring (bicyclic) bond motifs is 1. The Balaban J connectivity index is 1.78. The SMILES string of the molecule is O=C1NN(S)CN=C1C=Cc1ccc2c(c1)OCO2. The number of nitrogens with one attached hydrogen (secondary N) is 1. The molecule has 0 bridgehead atoms. The minimum atomic E-state index is -0.279. The van der Waals surface area contributed by atoms with E-state index >= 15 is 0 Å². The van der Waals surface area contributed by atoms with E-state index in [9.17, 15) is 4.79 Å². The van der Waals surface area contributed by atoms with E-state index in [-0.39, 0.29) is 12.7 Å². The molecule has 0 aliphatic carbocycles. The molecule has 0 fully saturated rings. The Labute approximate surface area is 115 Å². The van der Waals surface area contributed by atoms with Crippen molar-refractivity contribution in [3.05, 3.63) is 29.8 Å². The maximum atomic E-state index is 11.6. The Bertz CT molecular complexity index is 586. The van der Waals surface area contributed by atoms with Crippen molar-refractivity contribution >= 4 is 30.5 Å². The third-order valence-corrected chi connectivity index (χ3v) is 2.90. The number of carbonyl (C=O) groups is 1. The molecule has 0 atom stereocenters. The van der Waals surface area contributed by atoms with Crippen LogP contribution in [0, 0.1) is 0 Å². The molecule has 0 unspecified atom stereocenters. The van der Waals surface area contributed by atoms with Gasteiger partial charge in [0.1, 0.15) is 12.4 Å². The van der Waals surface area contributed by atoms with Crippen molar-refractivity contribution in [2.24, 2.45) is 4.99 Å². The number of nitrogens with zero attached hydrogens (tertiary/aromatic N) is 2. The quantitative estimate of drug-likeness (QED) is 0.792. The van der Waals surface area contributed by atoms with Crippen molar-refractivity contribution in [3.63, 3.8) is 0 Å². The van der Waals surface area contributed by atoms with Crippen molar-refractivity contribution in [2.45, 2.75) is 0 Å². The molecule has 6 nitrogen and oxygen atoms in total. The lowest BCUT2D eigenvalue weighted by Gasteiger charge is -2.18. The Morgan fingerprint density at radius 2 is 2.16 bits per heavy atom. The number of hydrogen-bond donors (Lipinski definition) is 2. The van der Waals surface area contributed by atoms with Crippen LogP contribution in [-0.2, 0) is 4.79 Å². The second kappa shape index (κ2) is 4.94. The van der Waals surface area contributed by atoms with Gasteiger partial charge in [0.25, 0.3) is 5.91 Å². The van der Waals surface area contributed by atoms with Crippen molar-refractivity contribution in [1.82, 2.24) is 9.84 Å². The second-order valence-electron chi connectivity index (χ2n) is 3.97. The lowest BCUT2D eigenvalue weighted by Crippen LogP contribution is -2.43. The van der Waals surface area contributed by atoms with Gasteiger partial charge in [-0.1, -0.05) is 25.0 Å². The van der Waals surface area contributed by atoms with Crippen LogP contribution in [0.1, 0.15) is 5.56 Å². The zero-order valence-corrected chi connectivity index (χ0v) is 10.8. The highest BCUT2D eigenvalue weighted by molar-refractivity contribution is 7.77. The molecular formula is C12H11N3O3S. The second-order valence-corrected chi connectivity index (χ2v) is 4.45. The summed E-state index contributed by atoms with van der Waals surface area (Å²) < 4.78 is 11.8. The van der Waals surface area contributed by atoms with Gasteiger partial charge in [-0.05, 0) is 23.8 Å². The van der Waals surface area contributed by atoms with Crippen LogP contribution in [0.25, 0.3) is 6.08 Å². The smallest absolute Gasteiger partial charge is 0.284 e. The van der Waals surface area contributed by atoms with Gasteiger partial charge in [-0.2, -0.15) is 0 Å². The third-order valence-electron chi connectivity index (χ3n) is 2.67. The molecule has 0 radical (unpaired) electrons. The number of rotatable bonds is 2. The van der Waals surface area contributed by atoms with Crippen LogP contribution in [0.5, 0.6) is 11.5 Å². The average molecular weight is 277 g/mol. The fourth-order valence-corrected chi connectivity index (χ4v) is 1.90. The third kappa shape index (κ3) is 2.56. The summed E-state index contributed by atoms with van der Waals surface area (Å²) in [5, 5.41) is 0. The topological polar surface area (TPSA) is 63.2 Å². The molecule has 1 amide bonds. The molecule has 1 aromatic rings. The molecule has 7 heteroatoms. The van der Waals surface area contributed by atoms with Crippen LogP contribution in [0.4, 0.5) is 0 Å². The molecule has 3 rings (SSSR count). The van der Waals surface area contributed by atoms with E-state index in [1.165, 1.54) is 4.41 Å². The Morgan fingerprint density at radius 1 is 1.32 bits per heavy atom. The van der Waals surface area contributed by atoms with E-state index in [4.69, 9.17) is 9.47 Å². The molecule has 1 N–H and O–H groups in total. The summed E-state index contributed by atoms with van der Waals surface area (Å²) in [6.45, 7) is 0.561. The fourth-order valence-electron chi connectivity index (χ4n) is 1.75. The molecule has 0 spiro atoms. The summed E-state index contributed by atoms with van der Waals surface area (Å²) >= 11 is 3.98. The number of ether oxygens (including phenoxy) is 2. The predicted octanol–water partition coefficient (Wildman–Crippen LogP) is 1.02. The molecule has 2 aliphatic rings. The molecule has 2 aliphatic heterocycles. The average Bonchev–Trinajstić information content (AvgIpc) is 2.85. The standard InChI is InChI=1S/C12H11N3O3S/c16-12-9(13-6-15(19)14-12)3-1-8-2-4-10-11(5-8)18-7-17-10/h1-5,19H,6-7H2,(H,14,16). The van der Waals surface area contributed by atoms with Crippen molar-refractivity contribution in [3.8, 4) is 11.5 Å². The molecule has 2 heterocycles. The summed E-state index contributed by atoms with van der Waals surface area (Å²) in [6, 6.07) is 5.57. The monoisotopic (exact) mass is 277 g/mol. The van der Waals surface area contributed by atoms with Gasteiger partial charge in [0.15, 0.2) is 11.5 Å². The summed E-state index contributed by atoms with van der Waals surface area (Å²) in [5.74, 6) is 1.16. The fraction of sp³-hybridized carbons (Fsp3) is 0.167. The number of thiol groups is 1. The first-order valence-electron chi connectivity index (χ1n) is 5.62. The number of hydrazine groups is 1. The van der Waals surface area contributed by atoms with Gasteiger partial charge >= 0.3 is 0 Å². The minimum absolute atomic E-state index is 0.245. The van der Waals surface area contributed by atoms with Crippen LogP contribution >= 0.6 is 12.8 Å². The molecule has 1 aromatic carbocycles. The van der Waals surface area contributed by atoms with E-state index in [0.717, 1.165) is 11.3 Å². The summed E-state index contributed by atoms with van der Waals surface area (Å²) in [7, 11) is 0. The van der Waals surface area contributed by atoms with Crippen LogP contribution in [0.15, 0.2) is 29.3 Å². The number of benzene rings is 1. The van der Waals surface area contributed by atoms with Gasteiger partial charge in [-0.25, -0.2) is 0 Å². The lowest BCUT2D eigenvalue weighted by molar-refractivity contribution is -0.117. The maximum Gasteiger partial charge on any atom is 0.284 e. The van der Waals surface area contributed by atoms with E-state index in [1.807, 2.05) is 18.2 Å². The van der Waals surface area contributed by atoms with Crippen LogP contribution in [-0.4, -0.2) is 29.5 Å². The Morgan fingerprint density at radius 3 is 3.00 bits per heavy atom. The predicted molar refractivity (Wildman–Crippen MR) is 72.9 cm³/mol. The van der Waals surface area contributed by atoms with E-state index < -0.39 is 0 Å². The molecule has 0 saturated heterocycles. The highest BCUT2D eigenvalue weighted by Gasteiger charge is 2.16. The zero-order valence-electron chi connectivity index (χ0n) is 9.87. The molecule has 19 heavy (non-hydrogen) atoms. The van der Waals surface area contributed by atoms with Crippen molar-refractivity contribution in [2.75, 3.05) is 13.5 Å². The highest BCUT2D eigenvalue weighted by Crippen LogP contribution is 2.32. The first kappa shape index (κ1) is 12.1. The summed E-state index contributed by atoms with van der Waals surface area (Å²) in [5.41, 5.74) is 3.81. The van der Waals surface area contributed by atoms with E-state index in [0.29, 0.717) is 18.1 Å². The minimum Gasteiger partial charge on any atom is -0.454 e. The molecule has 0 saturated carbocycles. The maximum absolute atomic E-state index is 11.6.